The zero-order valence-electron chi connectivity index (χ0n) is 15.0. The lowest BCUT2D eigenvalue weighted by Crippen LogP contribution is -2.31. The smallest absolute Gasteiger partial charge is 0.193 e. The molecular formula is C21H25ClN2O. The fraction of sp³-hybridized carbons (Fsp3) is 0.333. The van der Waals surface area contributed by atoms with Crippen molar-refractivity contribution in [2.75, 3.05) is 13.1 Å². The van der Waals surface area contributed by atoms with Gasteiger partial charge in [0.2, 0.25) is 0 Å². The fourth-order valence-electron chi connectivity index (χ4n) is 3.09. The van der Waals surface area contributed by atoms with Gasteiger partial charge in [0, 0.05) is 29.8 Å². The molecule has 1 unspecified atom stereocenters. The molecule has 3 nitrogen and oxygen atoms in total. The summed E-state index contributed by atoms with van der Waals surface area (Å²) in [6.45, 7) is 8.37. The van der Waals surface area contributed by atoms with E-state index in [9.17, 15) is 4.79 Å². The molecule has 2 aromatic rings. The Labute approximate surface area is 156 Å². The minimum atomic E-state index is 0. The molecule has 1 heterocycles. The topological polar surface area (TPSA) is 32.7 Å². The third-order valence-corrected chi connectivity index (χ3v) is 4.59. The Kier molecular flexibility index (Phi) is 6.38. The van der Waals surface area contributed by atoms with Crippen molar-refractivity contribution >= 4 is 24.0 Å². The molecule has 25 heavy (non-hydrogen) atoms. The minimum Gasteiger partial charge on any atom is -0.355 e. The van der Waals surface area contributed by atoms with Gasteiger partial charge in [0.05, 0.1) is 6.04 Å². The lowest BCUT2D eigenvalue weighted by Gasteiger charge is -2.21. The molecule has 0 aromatic heterocycles. The number of rotatable bonds is 5. The summed E-state index contributed by atoms with van der Waals surface area (Å²) in [5, 5.41) is 0. The van der Waals surface area contributed by atoms with Crippen molar-refractivity contribution < 1.29 is 4.79 Å². The van der Waals surface area contributed by atoms with Gasteiger partial charge >= 0.3 is 0 Å². The first-order valence-electron chi connectivity index (χ1n) is 8.63. The molecule has 0 N–H and O–H groups in total. The molecule has 132 valence electrons. The number of nitrogens with zero attached hydrogens (tertiary/aromatic N) is 2. The molecular weight excluding hydrogens is 332 g/mol. The molecule has 2 aromatic carbocycles. The fourth-order valence-corrected chi connectivity index (χ4v) is 3.09. The van der Waals surface area contributed by atoms with Crippen LogP contribution in [-0.4, -0.2) is 35.7 Å². The summed E-state index contributed by atoms with van der Waals surface area (Å²) in [5.74, 6) is 1.50. The van der Waals surface area contributed by atoms with E-state index >= 15 is 0 Å². The standard InChI is InChI=1S/C21H24N2O.ClH/c1-4-23-14-19(15(2)3)22-21(23)18-13-9-8-12-17(18)20(24)16-10-6-5-7-11-16;/h5-13,15,19H,4,14H2,1-3H3;1H. The van der Waals surface area contributed by atoms with E-state index in [1.165, 1.54) is 0 Å². The quantitative estimate of drug-likeness (QED) is 0.741. The lowest BCUT2D eigenvalue weighted by molar-refractivity contribution is 0.103. The molecule has 0 aliphatic carbocycles. The number of carbonyl (C=O) groups excluding carboxylic acids is 1. The normalized spacial score (nSPS) is 16.6. The number of likely N-dealkylation sites (N-methyl/N-ethyl adjacent to an activating group) is 1. The average Bonchev–Trinajstić information content (AvgIpc) is 3.06. The summed E-state index contributed by atoms with van der Waals surface area (Å²) in [7, 11) is 0. The van der Waals surface area contributed by atoms with Gasteiger partial charge in [-0.3, -0.25) is 9.79 Å². The molecule has 3 rings (SSSR count). The Bertz CT molecular complexity index is 756. The minimum absolute atomic E-state index is 0. The van der Waals surface area contributed by atoms with Gasteiger partial charge in [-0.25, -0.2) is 0 Å². The molecule has 0 spiro atoms. The maximum Gasteiger partial charge on any atom is 0.193 e. The van der Waals surface area contributed by atoms with Gasteiger partial charge in [-0.05, 0) is 12.8 Å². The maximum absolute atomic E-state index is 13.0. The van der Waals surface area contributed by atoms with Crippen LogP contribution in [0.1, 0.15) is 42.3 Å². The molecule has 0 radical (unpaired) electrons. The first kappa shape index (κ1) is 19.2. The third-order valence-electron chi connectivity index (χ3n) is 4.59. The number of aliphatic imine (C=N–C) groups is 1. The van der Waals surface area contributed by atoms with E-state index in [0.29, 0.717) is 17.5 Å². The number of carbonyl (C=O) groups is 1. The van der Waals surface area contributed by atoms with E-state index in [4.69, 9.17) is 4.99 Å². The van der Waals surface area contributed by atoms with Gasteiger partial charge in [-0.15, -0.1) is 12.4 Å². The van der Waals surface area contributed by atoms with Crippen LogP contribution in [0.25, 0.3) is 0 Å². The van der Waals surface area contributed by atoms with Crippen LogP contribution in [0.5, 0.6) is 0 Å². The van der Waals surface area contributed by atoms with Crippen molar-refractivity contribution in [3.63, 3.8) is 0 Å². The maximum atomic E-state index is 13.0. The van der Waals surface area contributed by atoms with Crippen LogP contribution in [0.3, 0.4) is 0 Å². The Balaban J connectivity index is 0.00000225. The molecule has 0 saturated heterocycles. The van der Waals surface area contributed by atoms with Crippen molar-refractivity contribution in [1.82, 2.24) is 4.90 Å². The van der Waals surface area contributed by atoms with Crippen LogP contribution in [0.2, 0.25) is 0 Å². The summed E-state index contributed by atoms with van der Waals surface area (Å²) in [5.41, 5.74) is 2.38. The highest BCUT2D eigenvalue weighted by Crippen LogP contribution is 2.24. The number of ketones is 1. The summed E-state index contributed by atoms with van der Waals surface area (Å²) >= 11 is 0. The Morgan fingerprint density at radius 1 is 1.12 bits per heavy atom. The molecule has 0 saturated carbocycles. The largest absolute Gasteiger partial charge is 0.355 e. The van der Waals surface area contributed by atoms with Crippen LogP contribution in [0.15, 0.2) is 59.6 Å². The van der Waals surface area contributed by atoms with Gasteiger partial charge in [0.15, 0.2) is 5.78 Å². The Morgan fingerprint density at radius 3 is 2.40 bits per heavy atom. The van der Waals surface area contributed by atoms with Crippen molar-refractivity contribution in [2.45, 2.75) is 26.8 Å². The van der Waals surface area contributed by atoms with Crippen molar-refractivity contribution in [3.05, 3.63) is 71.3 Å². The summed E-state index contributed by atoms with van der Waals surface area (Å²) in [4.78, 5) is 20.2. The molecule has 0 fully saturated rings. The van der Waals surface area contributed by atoms with E-state index in [1.807, 2.05) is 54.6 Å². The van der Waals surface area contributed by atoms with Crippen molar-refractivity contribution in [1.29, 1.82) is 0 Å². The number of amidine groups is 1. The summed E-state index contributed by atoms with van der Waals surface area (Å²) in [6.07, 6.45) is 0. The molecule has 0 amide bonds. The Hall–Kier alpha value is -2.13. The van der Waals surface area contributed by atoms with E-state index in [-0.39, 0.29) is 18.2 Å². The Morgan fingerprint density at radius 2 is 1.76 bits per heavy atom. The number of hydrogen-bond acceptors (Lipinski definition) is 3. The van der Waals surface area contributed by atoms with Gasteiger partial charge < -0.3 is 4.90 Å². The van der Waals surface area contributed by atoms with Gasteiger partial charge in [-0.1, -0.05) is 68.4 Å². The summed E-state index contributed by atoms with van der Waals surface area (Å²) in [6, 6.07) is 17.6. The van der Waals surface area contributed by atoms with E-state index in [0.717, 1.165) is 30.1 Å². The lowest BCUT2D eigenvalue weighted by atomic mass is 9.97. The zero-order chi connectivity index (χ0) is 17.1. The summed E-state index contributed by atoms with van der Waals surface area (Å²) < 4.78 is 0. The highest BCUT2D eigenvalue weighted by Gasteiger charge is 2.29. The van der Waals surface area contributed by atoms with Gasteiger partial charge in [0.1, 0.15) is 5.84 Å². The van der Waals surface area contributed by atoms with E-state index in [2.05, 4.69) is 25.7 Å². The molecule has 4 heteroatoms. The van der Waals surface area contributed by atoms with Crippen molar-refractivity contribution in [3.8, 4) is 0 Å². The zero-order valence-corrected chi connectivity index (χ0v) is 15.8. The second kappa shape index (κ2) is 8.30. The van der Waals surface area contributed by atoms with Crippen LogP contribution in [0, 0.1) is 5.92 Å². The highest BCUT2D eigenvalue weighted by atomic mass is 35.5. The number of benzene rings is 2. The molecule has 1 atom stereocenters. The van der Waals surface area contributed by atoms with Crippen molar-refractivity contribution in [2.24, 2.45) is 10.9 Å². The first-order chi connectivity index (χ1) is 11.6. The second-order valence-electron chi connectivity index (χ2n) is 6.54. The number of halogens is 1. The third kappa shape index (κ3) is 3.93. The molecule has 1 aliphatic rings. The predicted octanol–water partition coefficient (Wildman–Crippen LogP) is 4.45. The van der Waals surface area contributed by atoms with Gasteiger partial charge in [0.25, 0.3) is 0 Å². The SMILES string of the molecule is CCN1CC(C(C)C)N=C1c1ccccc1C(=O)c1ccccc1.Cl. The van der Waals surface area contributed by atoms with E-state index in [1.54, 1.807) is 0 Å². The van der Waals surface area contributed by atoms with Crippen LogP contribution in [0.4, 0.5) is 0 Å². The van der Waals surface area contributed by atoms with Crippen LogP contribution < -0.4 is 0 Å². The predicted molar refractivity (Wildman–Crippen MR) is 106 cm³/mol. The number of hydrogen-bond donors (Lipinski definition) is 0. The van der Waals surface area contributed by atoms with Gasteiger partial charge in [-0.2, -0.15) is 0 Å². The first-order valence-corrected chi connectivity index (χ1v) is 8.63. The highest BCUT2D eigenvalue weighted by molar-refractivity contribution is 6.16. The molecule has 0 bridgehead atoms. The average molecular weight is 357 g/mol. The van der Waals surface area contributed by atoms with Crippen LogP contribution >= 0.6 is 12.4 Å². The monoisotopic (exact) mass is 356 g/mol. The second-order valence-corrected chi connectivity index (χ2v) is 6.54. The van der Waals surface area contributed by atoms with Crippen LogP contribution in [-0.2, 0) is 0 Å². The van der Waals surface area contributed by atoms with E-state index < -0.39 is 0 Å². The molecule has 1 aliphatic heterocycles.